The fraction of sp³-hybridized carbons (Fsp3) is 0.455. The molecule has 0 aliphatic carbocycles. The summed E-state index contributed by atoms with van der Waals surface area (Å²) >= 11 is 4.93. The molecular weight excluding hydrogens is 322 g/mol. The molecule has 2 N–H and O–H groups in total. The number of hydrogen-bond acceptors (Lipinski definition) is 4. The predicted octanol–water partition coefficient (Wildman–Crippen LogP) is 2.61. The third kappa shape index (κ3) is 5.42. The summed E-state index contributed by atoms with van der Waals surface area (Å²) in [7, 11) is -2.90. The van der Waals surface area contributed by atoms with Crippen LogP contribution in [0.15, 0.2) is 27.6 Å². The Balaban J connectivity index is 2.79. The molecule has 6 heteroatoms. The molecule has 1 unspecified atom stereocenters. The first kappa shape index (κ1) is 15.0. The minimum atomic E-state index is -2.90. The first-order chi connectivity index (χ1) is 7.79. The van der Waals surface area contributed by atoms with E-state index in [0.717, 1.165) is 14.9 Å². The highest BCUT2D eigenvalue weighted by molar-refractivity contribution is 9.10. The predicted molar refractivity (Wildman–Crippen MR) is 77.2 cm³/mol. The number of thioether (sulfide) groups is 1. The summed E-state index contributed by atoms with van der Waals surface area (Å²) < 4.78 is 23.1. The quantitative estimate of drug-likeness (QED) is 0.839. The molecular formula is C11H16BrNO2S2. The van der Waals surface area contributed by atoms with Crippen molar-refractivity contribution in [3.8, 4) is 0 Å². The first-order valence-electron chi connectivity index (χ1n) is 5.15. The molecule has 3 nitrogen and oxygen atoms in total. The molecule has 0 saturated carbocycles. The van der Waals surface area contributed by atoms with Gasteiger partial charge in [-0.2, -0.15) is 0 Å². The van der Waals surface area contributed by atoms with Crippen molar-refractivity contribution in [2.24, 2.45) is 5.73 Å². The number of benzene rings is 1. The van der Waals surface area contributed by atoms with Crippen LogP contribution in [0.1, 0.15) is 18.5 Å². The SMILES string of the molecule is CC(N)c1ccc(Br)cc1SCCS(C)(=O)=O. The fourth-order valence-electron chi connectivity index (χ4n) is 1.31. The van der Waals surface area contributed by atoms with Crippen molar-refractivity contribution in [3.63, 3.8) is 0 Å². The summed E-state index contributed by atoms with van der Waals surface area (Å²) in [5.41, 5.74) is 6.92. The van der Waals surface area contributed by atoms with Crippen LogP contribution in [0.4, 0.5) is 0 Å². The van der Waals surface area contributed by atoms with Gasteiger partial charge in [0, 0.05) is 27.4 Å². The highest BCUT2D eigenvalue weighted by Crippen LogP contribution is 2.29. The molecule has 1 aromatic carbocycles. The topological polar surface area (TPSA) is 60.2 Å². The van der Waals surface area contributed by atoms with Gasteiger partial charge >= 0.3 is 0 Å². The zero-order valence-corrected chi connectivity index (χ0v) is 13.0. The summed E-state index contributed by atoms with van der Waals surface area (Å²) in [5, 5.41) is 0. The summed E-state index contributed by atoms with van der Waals surface area (Å²) in [5.74, 6) is 0.734. The summed E-state index contributed by atoms with van der Waals surface area (Å²) in [6, 6.07) is 5.84. The minimum absolute atomic E-state index is 0.0520. The monoisotopic (exact) mass is 337 g/mol. The van der Waals surface area contributed by atoms with Gasteiger partial charge in [0.05, 0.1) is 5.75 Å². The molecule has 17 heavy (non-hydrogen) atoms. The lowest BCUT2D eigenvalue weighted by Gasteiger charge is -2.12. The van der Waals surface area contributed by atoms with Crippen LogP contribution in [0.5, 0.6) is 0 Å². The van der Waals surface area contributed by atoms with Gasteiger partial charge in [-0.05, 0) is 24.6 Å². The number of hydrogen-bond donors (Lipinski definition) is 1. The molecule has 0 radical (unpaired) electrons. The van der Waals surface area contributed by atoms with Crippen LogP contribution >= 0.6 is 27.7 Å². The first-order valence-corrected chi connectivity index (χ1v) is 8.99. The van der Waals surface area contributed by atoms with Crippen molar-refractivity contribution in [1.82, 2.24) is 0 Å². The van der Waals surface area contributed by atoms with Crippen LogP contribution in [0.3, 0.4) is 0 Å². The number of rotatable bonds is 5. The second kappa shape index (κ2) is 6.22. The van der Waals surface area contributed by atoms with E-state index in [-0.39, 0.29) is 11.8 Å². The summed E-state index contributed by atoms with van der Waals surface area (Å²) in [4.78, 5) is 1.04. The van der Waals surface area contributed by atoms with Gasteiger partial charge in [0.2, 0.25) is 0 Å². The second-order valence-electron chi connectivity index (χ2n) is 3.95. The zero-order valence-electron chi connectivity index (χ0n) is 9.81. The number of halogens is 1. The lowest BCUT2D eigenvalue weighted by molar-refractivity contribution is 0.603. The standard InChI is InChI=1S/C11H16BrNO2S2/c1-8(13)10-4-3-9(12)7-11(10)16-5-6-17(2,14)15/h3-4,7-8H,5-6,13H2,1-2H3. The summed E-state index contributed by atoms with van der Waals surface area (Å²) in [6.07, 6.45) is 1.25. The van der Waals surface area contributed by atoms with Crippen LogP contribution in [-0.2, 0) is 9.84 Å². The van der Waals surface area contributed by atoms with Crippen molar-refractivity contribution in [2.75, 3.05) is 17.8 Å². The maximum Gasteiger partial charge on any atom is 0.148 e. The molecule has 0 bridgehead atoms. The largest absolute Gasteiger partial charge is 0.324 e. The van der Waals surface area contributed by atoms with E-state index in [4.69, 9.17) is 5.73 Å². The lowest BCUT2D eigenvalue weighted by Crippen LogP contribution is -2.08. The zero-order chi connectivity index (χ0) is 13.1. The Labute approximate surface area is 115 Å². The Kier molecular flexibility index (Phi) is 5.50. The normalized spacial score (nSPS) is 13.6. The van der Waals surface area contributed by atoms with Crippen molar-refractivity contribution in [3.05, 3.63) is 28.2 Å². The average Bonchev–Trinajstić information content (AvgIpc) is 2.15. The molecule has 0 aromatic heterocycles. The van der Waals surface area contributed by atoms with E-state index in [2.05, 4.69) is 15.9 Å². The van der Waals surface area contributed by atoms with E-state index in [9.17, 15) is 8.42 Å². The van der Waals surface area contributed by atoms with Gasteiger partial charge in [-0.1, -0.05) is 22.0 Å². The van der Waals surface area contributed by atoms with Gasteiger partial charge in [0.15, 0.2) is 0 Å². The highest BCUT2D eigenvalue weighted by atomic mass is 79.9. The Bertz CT molecular complexity index is 486. The van der Waals surface area contributed by atoms with Gasteiger partial charge in [0.25, 0.3) is 0 Å². The Hall–Kier alpha value is -0.0400. The molecule has 1 aromatic rings. The highest BCUT2D eigenvalue weighted by Gasteiger charge is 2.09. The molecule has 0 spiro atoms. The van der Waals surface area contributed by atoms with Gasteiger partial charge in [-0.25, -0.2) is 8.42 Å². The van der Waals surface area contributed by atoms with E-state index < -0.39 is 9.84 Å². The fourth-order valence-corrected chi connectivity index (χ4v) is 4.22. The van der Waals surface area contributed by atoms with E-state index in [1.807, 2.05) is 25.1 Å². The van der Waals surface area contributed by atoms with Crippen LogP contribution in [-0.4, -0.2) is 26.2 Å². The van der Waals surface area contributed by atoms with E-state index in [1.165, 1.54) is 18.0 Å². The second-order valence-corrected chi connectivity index (χ2v) is 8.26. The molecule has 0 fully saturated rings. The third-order valence-corrected chi connectivity index (χ3v) is 4.95. The van der Waals surface area contributed by atoms with Gasteiger partial charge < -0.3 is 5.73 Å². The van der Waals surface area contributed by atoms with Crippen LogP contribution in [0.25, 0.3) is 0 Å². The van der Waals surface area contributed by atoms with E-state index in [0.29, 0.717) is 5.75 Å². The molecule has 0 saturated heterocycles. The number of sulfone groups is 1. The maximum absolute atomic E-state index is 11.1. The van der Waals surface area contributed by atoms with E-state index >= 15 is 0 Å². The minimum Gasteiger partial charge on any atom is -0.324 e. The van der Waals surface area contributed by atoms with E-state index in [1.54, 1.807) is 0 Å². The maximum atomic E-state index is 11.1. The van der Waals surface area contributed by atoms with Crippen LogP contribution in [0, 0.1) is 0 Å². The molecule has 1 rings (SSSR count). The molecule has 0 heterocycles. The van der Waals surface area contributed by atoms with Crippen molar-refractivity contribution < 1.29 is 8.42 Å². The molecule has 96 valence electrons. The van der Waals surface area contributed by atoms with Crippen molar-refractivity contribution in [1.29, 1.82) is 0 Å². The van der Waals surface area contributed by atoms with Gasteiger partial charge in [-0.3, -0.25) is 0 Å². The summed E-state index contributed by atoms with van der Waals surface area (Å²) in [6.45, 7) is 1.92. The van der Waals surface area contributed by atoms with Crippen LogP contribution < -0.4 is 5.73 Å². The molecule has 1 atom stereocenters. The van der Waals surface area contributed by atoms with Crippen LogP contribution in [0.2, 0.25) is 0 Å². The molecule has 0 aliphatic rings. The Morgan fingerprint density at radius 2 is 2.12 bits per heavy atom. The van der Waals surface area contributed by atoms with Gasteiger partial charge in [-0.15, -0.1) is 11.8 Å². The molecule has 0 aliphatic heterocycles. The Morgan fingerprint density at radius 3 is 2.65 bits per heavy atom. The average molecular weight is 338 g/mol. The Morgan fingerprint density at radius 1 is 1.47 bits per heavy atom. The lowest BCUT2D eigenvalue weighted by atomic mass is 10.1. The van der Waals surface area contributed by atoms with Crippen molar-refractivity contribution in [2.45, 2.75) is 17.9 Å². The van der Waals surface area contributed by atoms with Crippen molar-refractivity contribution >= 4 is 37.5 Å². The number of nitrogens with two attached hydrogens (primary N) is 1. The smallest absolute Gasteiger partial charge is 0.148 e. The third-order valence-electron chi connectivity index (χ3n) is 2.18. The van der Waals surface area contributed by atoms with Gasteiger partial charge in [0.1, 0.15) is 9.84 Å². The molecule has 0 amide bonds.